The van der Waals surface area contributed by atoms with Gasteiger partial charge in [-0.05, 0) is 24.3 Å². The van der Waals surface area contributed by atoms with Crippen molar-refractivity contribution < 1.29 is 4.39 Å². The summed E-state index contributed by atoms with van der Waals surface area (Å²) in [7, 11) is 0. The Morgan fingerprint density at radius 3 is 2.55 bits per heavy atom. The molecule has 0 unspecified atom stereocenters. The van der Waals surface area contributed by atoms with Crippen molar-refractivity contribution in [3.05, 3.63) is 70.5 Å². The number of fused-ring (bicyclic) bond motifs is 1. The van der Waals surface area contributed by atoms with Gasteiger partial charge in [-0.2, -0.15) is 0 Å². The van der Waals surface area contributed by atoms with E-state index in [1.165, 1.54) is 10.6 Å². The van der Waals surface area contributed by atoms with Crippen LogP contribution in [-0.4, -0.2) is 9.55 Å². The summed E-state index contributed by atoms with van der Waals surface area (Å²) in [6.07, 6.45) is 0. The van der Waals surface area contributed by atoms with Gasteiger partial charge in [0, 0.05) is 0 Å². The molecule has 3 aromatic rings. The molecule has 0 N–H and O–H groups in total. The Labute approximate surface area is 122 Å². The standard InChI is InChI=1S/C15H10BrFN2O/c16-9-14-18-12-7-3-1-5-10(12)15(20)19(14)13-8-4-2-6-11(13)17/h1-8H,9H2. The van der Waals surface area contributed by atoms with Crippen molar-refractivity contribution in [3.63, 3.8) is 0 Å². The lowest BCUT2D eigenvalue weighted by atomic mass is 10.2. The molecule has 2 aromatic carbocycles. The molecule has 0 amide bonds. The van der Waals surface area contributed by atoms with Crippen LogP contribution in [0.15, 0.2) is 53.3 Å². The first-order valence-corrected chi connectivity index (χ1v) is 7.16. The second-order valence-corrected chi connectivity index (χ2v) is 4.83. The number of alkyl halides is 1. The third-order valence-corrected chi connectivity index (χ3v) is 3.56. The number of rotatable bonds is 2. The Balaban J connectivity index is 2.43. The van der Waals surface area contributed by atoms with E-state index in [-0.39, 0.29) is 11.2 Å². The fraction of sp³-hybridized carbons (Fsp3) is 0.0667. The fourth-order valence-corrected chi connectivity index (χ4v) is 2.53. The van der Waals surface area contributed by atoms with Crippen LogP contribution in [0.4, 0.5) is 4.39 Å². The molecular weight excluding hydrogens is 323 g/mol. The van der Waals surface area contributed by atoms with E-state index in [1.807, 2.05) is 6.07 Å². The summed E-state index contributed by atoms with van der Waals surface area (Å²) in [5, 5.41) is 0.835. The van der Waals surface area contributed by atoms with Crippen LogP contribution in [0.2, 0.25) is 0 Å². The van der Waals surface area contributed by atoms with Crippen LogP contribution in [0.1, 0.15) is 5.82 Å². The van der Waals surface area contributed by atoms with Gasteiger partial charge >= 0.3 is 0 Å². The van der Waals surface area contributed by atoms with Crippen LogP contribution >= 0.6 is 15.9 Å². The molecule has 0 aliphatic carbocycles. The highest BCUT2D eigenvalue weighted by molar-refractivity contribution is 9.08. The molecule has 3 rings (SSSR count). The molecule has 0 saturated carbocycles. The lowest BCUT2D eigenvalue weighted by molar-refractivity contribution is 0.613. The summed E-state index contributed by atoms with van der Waals surface area (Å²) in [4.78, 5) is 17.0. The van der Waals surface area contributed by atoms with Gasteiger partial charge in [0.2, 0.25) is 0 Å². The Hall–Kier alpha value is -2.01. The molecule has 0 atom stereocenters. The number of para-hydroxylation sites is 2. The Morgan fingerprint density at radius 1 is 1.10 bits per heavy atom. The first-order chi connectivity index (χ1) is 9.72. The van der Waals surface area contributed by atoms with Crippen LogP contribution in [0, 0.1) is 5.82 Å². The molecule has 0 bridgehead atoms. The van der Waals surface area contributed by atoms with E-state index < -0.39 is 5.82 Å². The minimum atomic E-state index is -0.450. The van der Waals surface area contributed by atoms with Crippen LogP contribution < -0.4 is 5.56 Å². The van der Waals surface area contributed by atoms with Crippen molar-refractivity contribution in [1.29, 1.82) is 0 Å². The minimum absolute atomic E-state index is 0.213. The third kappa shape index (κ3) is 2.04. The van der Waals surface area contributed by atoms with Gasteiger partial charge in [0.05, 0.1) is 21.9 Å². The molecule has 0 aliphatic rings. The van der Waals surface area contributed by atoms with Crippen molar-refractivity contribution >= 4 is 26.8 Å². The van der Waals surface area contributed by atoms with Crippen LogP contribution in [0.5, 0.6) is 0 Å². The Morgan fingerprint density at radius 2 is 1.80 bits per heavy atom. The summed E-state index contributed by atoms with van der Waals surface area (Å²) in [5.74, 6) is 0.0210. The predicted molar refractivity (Wildman–Crippen MR) is 79.9 cm³/mol. The van der Waals surface area contributed by atoms with Crippen molar-refractivity contribution in [3.8, 4) is 5.69 Å². The van der Waals surface area contributed by atoms with E-state index in [1.54, 1.807) is 36.4 Å². The number of nitrogens with zero attached hydrogens (tertiary/aromatic N) is 2. The van der Waals surface area contributed by atoms with E-state index in [2.05, 4.69) is 20.9 Å². The highest BCUT2D eigenvalue weighted by atomic mass is 79.9. The zero-order valence-electron chi connectivity index (χ0n) is 10.4. The summed E-state index contributed by atoms with van der Waals surface area (Å²) < 4.78 is 15.3. The number of aromatic nitrogens is 2. The zero-order chi connectivity index (χ0) is 14.1. The van der Waals surface area contributed by atoms with Gasteiger partial charge in [-0.3, -0.25) is 9.36 Å². The van der Waals surface area contributed by atoms with E-state index in [0.29, 0.717) is 22.1 Å². The SMILES string of the molecule is O=c1c2ccccc2nc(CBr)n1-c1ccccc1F. The Bertz CT molecular complexity index is 845. The maximum Gasteiger partial charge on any atom is 0.266 e. The molecule has 5 heteroatoms. The van der Waals surface area contributed by atoms with Gasteiger partial charge in [0.25, 0.3) is 5.56 Å². The third-order valence-electron chi connectivity index (χ3n) is 3.06. The van der Waals surface area contributed by atoms with E-state index in [4.69, 9.17) is 0 Å². The molecule has 0 radical (unpaired) electrons. The lowest BCUT2D eigenvalue weighted by Gasteiger charge is -2.12. The topological polar surface area (TPSA) is 34.9 Å². The summed E-state index contributed by atoms with van der Waals surface area (Å²) >= 11 is 3.31. The average molecular weight is 333 g/mol. The number of halogens is 2. The molecule has 1 aromatic heterocycles. The normalized spacial score (nSPS) is 10.9. The molecule has 20 heavy (non-hydrogen) atoms. The number of hydrogen-bond donors (Lipinski definition) is 0. The molecule has 0 saturated heterocycles. The first-order valence-electron chi connectivity index (χ1n) is 6.04. The van der Waals surface area contributed by atoms with Gasteiger partial charge < -0.3 is 0 Å². The lowest BCUT2D eigenvalue weighted by Crippen LogP contribution is -2.24. The highest BCUT2D eigenvalue weighted by Crippen LogP contribution is 2.17. The quantitative estimate of drug-likeness (QED) is 0.674. The molecule has 0 aliphatic heterocycles. The molecular formula is C15H10BrFN2O. The maximum atomic E-state index is 14.0. The van der Waals surface area contributed by atoms with Crippen molar-refractivity contribution in [1.82, 2.24) is 9.55 Å². The average Bonchev–Trinajstić information content (AvgIpc) is 2.48. The van der Waals surface area contributed by atoms with Crippen LogP contribution in [0.25, 0.3) is 16.6 Å². The van der Waals surface area contributed by atoms with Crippen molar-refractivity contribution in [2.75, 3.05) is 0 Å². The first kappa shape index (κ1) is 13.0. The molecule has 3 nitrogen and oxygen atoms in total. The van der Waals surface area contributed by atoms with E-state index in [0.717, 1.165) is 0 Å². The molecule has 100 valence electrons. The van der Waals surface area contributed by atoms with Gasteiger partial charge in [-0.1, -0.05) is 40.2 Å². The molecule has 0 fully saturated rings. The second-order valence-electron chi connectivity index (χ2n) is 4.27. The van der Waals surface area contributed by atoms with Gasteiger partial charge in [0.1, 0.15) is 11.6 Å². The maximum absolute atomic E-state index is 14.0. The van der Waals surface area contributed by atoms with Gasteiger partial charge in [-0.25, -0.2) is 9.37 Å². The second kappa shape index (κ2) is 5.17. The van der Waals surface area contributed by atoms with E-state index in [9.17, 15) is 9.18 Å². The number of benzene rings is 2. The highest BCUT2D eigenvalue weighted by Gasteiger charge is 2.14. The minimum Gasteiger partial charge on any atom is -0.268 e. The largest absolute Gasteiger partial charge is 0.268 e. The van der Waals surface area contributed by atoms with Crippen molar-refractivity contribution in [2.45, 2.75) is 5.33 Å². The molecule has 1 heterocycles. The summed E-state index contributed by atoms with van der Waals surface area (Å²) in [6, 6.07) is 13.2. The van der Waals surface area contributed by atoms with Crippen LogP contribution in [-0.2, 0) is 5.33 Å². The smallest absolute Gasteiger partial charge is 0.266 e. The summed E-state index contributed by atoms with van der Waals surface area (Å²) in [5.41, 5.74) is 0.555. The van der Waals surface area contributed by atoms with E-state index >= 15 is 0 Å². The fourth-order valence-electron chi connectivity index (χ4n) is 2.15. The van der Waals surface area contributed by atoms with Crippen LogP contribution in [0.3, 0.4) is 0 Å². The molecule has 0 spiro atoms. The number of hydrogen-bond acceptors (Lipinski definition) is 2. The van der Waals surface area contributed by atoms with Crippen molar-refractivity contribution in [2.24, 2.45) is 0 Å². The monoisotopic (exact) mass is 332 g/mol. The predicted octanol–water partition coefficient (Wildman–Crippen LogP) is 3.42. The zero-order valence-corrected chi connectivity index (χ0v) is 12.0. The Kier molecular flexibility index (Phi) is 3.36. The van der Waals surface area contributed by atoms with Gasteiger partial charge in [-0.15, -0.1) is 0 Å². The summed E-state index contributed by atoms with van der Waals surface area (Å²) in [6.45, 7) is 0. The van der Waals surface area contributed by atoms with Gasteiger partial charge in [0.15, 0.2) is 0 Å².